The zero-order valence-corrected chi connectivity index (χ0v) is 17.5. The van der Waals surface area contributed by atoms with Crippen molar-refractivity contribution in [2.24, 2.45) is 0 Å². The molecular formula is C23H21ClFN5O. The number of hydrogen-bond donors (Lipinski definition) is 1. The van der Waals surface area contributed by atoms with Gasteiger partial charge in [0.15, 0.2) is 0 Å². The third kappa shape index (κ3) is 4.70. The minimum Gasteiger partial charge on any atom is -0.381 e. The van der Waals surface area contributed by atoms with Crippen LogP contribution in [0, 0.1) is 17.1 Å². The molecule has 1 saturated heterocycles. The highest BCUT2D eigenvalue weighted by atomic mass is 35.5. The lowest BCUT2D eigenvalue weighted by molar-refractivity contribution is 0.511. The molecule has 4 rings (SSSR count). The van der Waals surface area contributed by atoms with Gasteiger partial charge in [-0.05, 0) is 48.7 Å². The maximum Gasteiger partial charge on any atom is 0.273 e. The van der Waals surface area contributed by atoms with Crippen LogP contribution < -0.4 is 15.8 Å². The fraction of sp³-hybridized carbons (Fsp3) is 0.261. The van der Waals surface area contributed by atoms with E-state index in [1.807, 2.05) is 35.2 Å². The molecule has 1 atom stereocenters. The molecule has 2 heterocycles. The Hall–Kier alpha value is -3.37. The van der Waals surface area contributed by atoms with Crippen molar-refractivity contribution in [2.75, 3.05) is 23.3 Å². The van der Waals surface area contributed by atoms with Gasteiger partial charge in [-0.15, -0.1) is 0 Å². The predicted molar refractivity (Wildman–Crippen MR) is 119 cm³/mol. The van der Waals surface area contributed by atoms with Crippen LogP contribution in [-0.4, -0.2) is 28.7 Å². The van der Waals surface area contributed by atoms with E-state index in [2.05, 4.69) is 16.4 Å². The standard InChI is InChI=1S/C23H21ClFN5O/c24-21-13-27-23(29-10-4-7-20(15-29)28-19-5-2-1-3-6-19)30(22(21)31)14-17-11-18(25)9-8-16(17)12-26/h1-3,5-6,8-9,11,13,20,28H,4,7,10,14-15H2. The lowest BCUT2D eigenvalue weighted by atomic mass is 10.1. The molecule has 1 aliphatic rings. The Bertz CT molecular complexity index is 1170. The van der Waals surface area contributed by atoms with E-state index < -0.39 is 11.4 Å². The minimum atomic E-state index is -0.469. The van der Waals surface area contributed by atoms with E-state index in [1.165, 1.54) is 29.0 Å². The van der Waals surface area contributed by atoms with Crippen LogP contribution in [-0.2, 0) is 6.54 Å². The Morgan fingerprint density at radius 2 is 2.06 bits per heavy atom. The average Bonchev–Trinajstić information content (AvgIpc) is 2.78. The summed E-state index contributed by atoms with van der Waals surface area (Å²) >= 11 is 6.07. The van der Waals surface area contributed by atoms with E-state index in [-0.39, 0.29) is 17.6 Å². The van der Waals surface area contributed by atoms with Crippen LogP contribution in [0.25, 0.3) is 0 Å². The number of halogens is 2. The summed E-state index contributed by atoms with van der Waals surface area (Å²) in [6.45, 7) is 1.39. The van der Waals surface area contributed by atoms with Crippen molar-refractivity contribution in [3.63, 3.8) is 0 Å². The van der Waals surface area contributed by atoms with Crippen LogP contribution in [0.1, 0.15) is 24.0 Å². The third-order valence-corrected chi connectivity index (χ3v) is 5.61. The first-order valence-corrected chi connectivity index (χ1v) is 10.4. The summed E-state index contributed by atoms with van der Waals surface area (Å²) in [5.41, 5.74) is 1.33. The second kappa shape index (κ2) is 9.19. The number of para-hydroxylation sites is 1. The Kier molecular flexibility index (Phi) is 6.19. The van der Waals surface area contributed by atoms with Crippen LogP contribution in [0.2, 0.25) is 5.02 Å². The molecule has 1 N–H and O–H groups in total. The van der Waals surface area contributed by atoms with E-state index in [0.717, 1.165) is 25.1 Å². The maximum atomic E-state index is 13.8. The van der Waals surface area contributed by atoms with Gasteiger partial charge < -0.3 is 10.2 Å². The number of piperidine rings is 1. The quantitative estimate of drug-likeness (QED) is 0.652. The number of nitrogens with one attached hydrogen (secondary N) is 1. The lowest BCUT2D eigenvalue weighted by Crippen LogP contribution is -2.45. The van der Waals surface area contributed by atoms with Crippen molar-refractivity contribution in [2.45, 2.75) is 25.4 Å². The molecular weight excluding hydrogens is 417 g/mol. The van der Waals surface area contributed by atoms with E-state index in [4.69, 9.17) is 11.6 Å². The first-order valence-electron chi connectivity index (χ1n) is 10.1. The molecule has 3 aromatic rings. The highest BCUT2D eigenvalue weighted by Crippen LogP contribution is 2.22. The summed E-state index contributed by atoms with van der Waals surface area (Å²) in [6.07, 6.45) is 3.26. The number of nitriles is 1. The van der Waals surface area contributed by atoms with Gasteiger partial charge in [-0.25, -0.2) is 9.37 Å². The molecule has 1 aromatic heterocycles. The minimum absolute atomic E-state index is 0.00958. The zero-order chi connectivity index (χ0) is 21.8. The molecule has 1 aliphatic heterocycles. The molecule has 8 heteroatoms. The van der Waals surface area contributed by atoms with Crippen molar-refractivity contribution in [1.82, 2.24) is 9.55 Å². The molecule has 0 aliphatic carbocycles. The molecule has 0 bridgehead atoms. The summed E-state index contributed by atoms with van der Waals surface area (Å²) in [7, 11) is 0. The van der Waals surface area contributed by atoms with Gasteiger partial charge in [0.2, 0.25) is 5.95 Å². The van der Waals surface area contributed by atoms with E-state index in [0.29, 0.717) is 23.6 Å². The summed E-state index contributed by atoms with van der Waals surface area (Å²) in [5.74, 6) is -0.00852. The molecule has 6 nitrogen and oxygen atoms in total. The van der Waals surface area contributed by atoms with Gasteiger partial charge >= 0.3 is 0 Å². The summed E-state index contributed by atoms with van der Waals surface area (Å²) in [5, 5.41) is 12.9. The highest BCUT2D eigenvalue weighted by Gasteiger charge is 2.24. The van der Waals surface area contributed by atoms with Crippen molar-refractivity contribution < 1.29 is 4.39 Å². The van der Waals surface area contributed by atoms with Crippen LogP contribution in [0.15, 0.2) is 59.5 Å². The number of rotatable bonds is 5. The van der Waals surface area contributed by atoms with Crippen molar-refractivity contribution in [1.29, 1.82) is 5.26 Å². The Morgan fingerprint density at radius 3 is 2.84 bits per heavy atom. The van der Waals surface area contributed by atoms with Gasteiger partial charge in [-0.2, -0.15) is 5.26 Å². The van der Waals surface area contributed by atoms with Crippen LogP contribution >= 0.6 is 11.6 Å². The van der Waals surface area contributed by atoms with Gasteiger partial charge in [-0.3, -0.25) is 9.36 Å². The molecule has 2 aromatic carbocycles. The fourth-order valence-corrected chi connectivity index (χ4v) is 4.02. The van der Waals surface area contributed by atoms with Crippen LogP contribution in [0.3, 0.4) is 0 Å². The lowest BCUT2D eigenvalue weighted by Gasteiger charge is -2.35. The normalized spacial score (nSPS) is 16.0. The number of aromatic nitrogens is 2. The maximum absolute atomic E-state index is 13.8. The van der Waals surface area contributed by atoms with Gasteiger partial charge in [0.05, 0.1) is 24.4 Å². The Morgan fingerprint density at radius 1 is 1.26 bits per heavy atom. The van der Waals surface area contributed by atoms with E-state index in [1.54, 1.807) is 0 Å². The number of anilines is 2. The summed E-state index contributed by atoms with van der Waals surface area (Å²) in [6, 6.07) is 16.1. The van der Waals surface area contributed by atoms with Gasteiger partial charge in [0, 0.05) is 24.8 Å². The molecule has 0 amide bonds. The van der Waals surface area contributed by atoms with E-state index in [9.17, 15) is 14.4 Å². The Labute approximate surface area is 184 Å². The highest BCUT2D eigenvalue weighted by molar-refractivity contribution is 6.30. The third-order valence-electron chi connectivity index (χ3n) is 5.35. The summed E-state index contributed by atoms with van der Waals surface area (Å²) in [4.78, 5) is 19.3. The number of hydrogen-bond acceptors (Lipinski definition) is 5. The first kappa shape index (κ1) is 20.9. The fourth-order valence-electron chi connectivity index (χ4n) is 3.87. The molecule has 0 spiro atoms. The molecule has 1 unspecified atom stereocenters. The first-order chi connectivity index (χ1) is 15.0. The predicted octanol–water partition coefficient (Wildman–Crippen LogP) is 4.04. The second-order valence-corrected chi connectivity index (χ2v) is 7.91. The van der Waals surface area contributed by atoms with Crippen molar-refractivity contribution in [3.05, 3.63) is 87.0 Å². The summed E-state index contributed by atoms with van der Waals surface area (Å²) < 4.78 is 15.2. The molecule has 0 radical (unpaired) electrons. The van der Waals surface area contributed by atoms with Gasteiger partial charge in [0.1, 0.15) is 10.8 Å². The number of benzene rings is 2. The van der Waals surface area contributed by atoms with Crippen molar-refractivity contribution in [3.8, 4) is 6.07 Å². The van der Waals surface area contributed by atoms with Gasteiger partial charge in [-0.1, -0.05) is 29.8 Å². The monoisotopic (exact) mass is 437 g/mol. The zero-order valence-electron chi connectivity index (χ0n) is 16.8. The largest absolute Gasteiger partial charge is 0.381 e. The second-order valence-electron chi connectivity index (χ2n) is 7.51. The van der Waals surface area contributed by atoms with E-state index >= 15 is 0 Å². The van der Waals surface area contributed by atoms with Gasteiger partial charge in [0.25, 0.3) is 5.56 Å². The smallest absolute Gasteiger partial charge is 0.273 e. The number of nitrogens with zero attached hydrogens (tertiary/aromatic N) is 4. The van der Waals surface area contributed by atoms with Crippen LogP contribution in [0.5, 0.6) is 0 Å². The average molecular weight is 438 g/mol. The van der Waals surface area contributed by atoms with Crippen LogP contribution in [0.4, 0.5) is 16.0 Å². The Balaban J connectivity index is 1.65. The SMILES string of the molecule is N#Cc1ccc(F)cc1Cn1c(N2CCCC(Nc3ccccc3)C2)ncc(Cl)c1=O. The molecule has 0 saturated carbocycles. The molecule has 1 fully saturated rings. The topological polar surface area (TPSA) is 74.0 Å². The molecule has 31 heavy (non-hydrogen) atoms. The molecule has 158 valence electrons. The van der Waals surface area contributed by atoms with Crippen molar-refractivity contribution >= 4 is 23.2 Å².